The lowest BCUT2D eigenvalue weighted by Crippen LogP contribution is -2.25. The van der Waals surface area contributed by atoms with Gasteiger partial charge in [-0.1, -0.05) is 0 Å². The summed E-state index contributed by atoms with van der Waals surface area (Å²) in [5.41, 5.74) is 0.511. The van der Waals surface area contributed by atoms with Crippen molar-refractivity contribution < 1.29 is 23.4 Å². The van der Waals surface area contributed by atoms with Gasteiger partial charge in [0.15, 0.2) is 11.5 Å². The Balaban J connectivity index is 2.22. The van der Waals surface area contributed by atoms with Gasteiger partial charge in [-0.3, -0.25) is 4.79 Å². The van der Waals surface area contributed by atoms with Crippen molar-refractivity contribution in [3.63, 3.8) is 0 Å². The Morgan fingerprint density at radius 3 is 2.40 bits per heavy atom. The molecule has 25 heavy (non-hydrogen) atoms. The third-order valence-corrected chi connectivity index (χ3v) is 3.38. The number of methoxy groups -OCH3 is 3. The standard InChI is InChI=1S/C18H18N2O5/c1-22-15-9-12(10-16(23-2)18(15)24-3)14(11-19)20-17(21)7-6-13-5-4-8-25-13/h4-10,14H,1-3H3,(H,20,21)/b7-6+/t14-/m1/s1. The molecule has 0 spiro atoms. The summed E-state index contributed by atoms with van der Waals surface area (Å²) in [6.07, 6.45) is 4.31. The second-order valence-corrected chi connectivity index (χ2v) is 4.88. The predicted octanol–water partition coefficient (Wildman–Crippen LogP) is 2.70. The molecule has 0 saturated carbocycles. The van der Waals surface area contributed by atoms with Gasteiger partial charge in [0, 0.05) is 6.08 Å². The SMILES string of the molecule is COc1cc([C@@H](C#N)NC(=O)/C=C/c2ccco2)cc(OC)c1OC. The summed E-state index contributed by atoms with van der Waals surface area (Å²) in [5, 5.41) is 12.0. The number of nitriles is 1. The number of ether oxygens (including phenoxy) is 3. The van der Waals surface area contributed by atoms with Crippen LogP contribution in [0.15, 0.2) is 41.0 Å². The van der Waals surface area contributed by atoms with Gasteiger partial charge in [-0.05, 0) is 35.9 Å². The van der Waals surface area contributed by atoms with E-state index in [1.807, 2.05) is 6.07 Å². The predicted molar refractivity (Wildman–Crippen MR) is 90.3 cm³/mol. The number of carbonyl (C=O) groups excluding carboxylic acids is 1. The van der Waals surface area contributed by atoms with E-state index >= 15 is 0 Å². The van der Waals surface area contributed by atoms with E-state index in [4.69, 9.17) is 18.6 Å². The van der Waals surface area contributed by atoms with Gasteiger partial charge < -0.3 is 23.9 Å². The van der Waals surface area contributed by atoms with Gasteiger partial charge in [-0.15, -0.1) is 0 Å². The lowest BCUT2D eigenvalue weighted by molar-refractivity contribution is -0.116. The highest BCUT2D eigenvalue weighted by Crippen LogP contribution is 2.39. The molecule has 130 valence electrons. The van der Waals surface area contributed by atoms with E-state index in [9.17, 15) is 10.1 Å². The first kappa shape index (κ1) is 17.9. The smallest absolute Gasteiger partial charge is 0.245 e. The average molecular weight is 342 g/mol. The number of carbonyl (C=O) groups is 1. The summed E-state index contributed by atoms with van der Waals surface area (Å²) < 4.78 is 20.9. The molecule has 2 aromatic rings. The number of rotatable bonds is 7. The molecule has 1 aromatic heterocycles. The number of nitrogens with one attached hydrogen (secondary N) is 1. The second-order valence-electron chi connectivity index (χ2n) is 4.88. The Morgan fingerprint density at radius 2 is 1.92 bits per heavy atom. The van der Waals surface area contributed by atoms with Crippen molar-refractivity contribution >= 4 is 12.0 Å². The monoisotopic (exact) mass is 342 g/mol. The van der Waals surface area contributed by atoms with Gasteiger partial charge in [0.2, 0.25) is 11.7 Å². The van der Waals surface area contributed by atoms with Gasteiger partial charge in [-0.2, -0.15) is 5.26 Å². The van der Waals surface area contributed by atoms with E-state index in [-0.39, 0.29) is 0 Å². The van der Waals surface area contributed by atoms with Crippen LogP contribution in [-0.4, -0.2) is 27.2 Å². The van der Waals surface area contributed by atoms with Crippen LogP contribution in [0, 0.1) is 11.3 Å². The third-order valence-electron chi connectivity index (χ3n) is 3.38. The Kier molecular flexibility index (Phi) is 6.07. The van der Waals surface area contributed by atoms with Crippen LogP contribution in [0.4, 0.5) is 0 Å². The number of amides is 1. The van der Waals surface area contributed by atoms with Crippen molar-refractivity contribution in [1.82, 2.24) is 5.32 Å². The Labute approximate surface area is 145 Å². The number of furan rings is 1. The van der Waals surface area contributed by atoms with Crippen LogP contribution < -0.4 is 19.5 Å². The van der Waals surface area contributed by atoms with Gasteiger partial charge in [0.25, 0.3) is 0 Å². The van der Waals surface area contributed by atoms with Crippen molar-refractivity contribution in [2.45, 2.75) is 6.04 Å². The van der Waals surface area contributed by atoms with E-state index in [1.54, 1.807) is 24.3 Å². The zero-order valence-electron chi connectivity index (χ0n) is 14.1. The number of hydrogen-bond donors (Lipinski definition) is 1. The van der Waals surface area contributed by atoms with Crippen molar-refractivity contribution in [2.75, 3.05) is 21.3 Å². The third kappa shape index (κ3) is 4.32. The fourth-order valence-corrected chi connectivity index (χ4v) is 2.19. The first-order valence-corrected chi connectivity index (χ1v) is 7.34. The van der Waals surface area contributed by atoms with Gasteiger partial charge in [0.05, 0.1) is 33.7 Å². The maximum absolute atomic E-state index is 12.0. The highest BCUT2D eigenvalue weighted by molar-refractivity contribution is 5.91. The molecule has 0 saturated heterocycles. The van der Waals surface area contributed by atoms with Crippen molar-refractivity contribution in [3.05, 3.63) is 47.9 Å². The van der Waals surface area contributed by atoms with E-state index in [1.165, 1.54) is 39.7 Å². The van der Waals surface area contributed by atoms with E-state index < -0.39 is 11.9 Å². The van der Waals surface area contributed by atoms with Crippen molar-refractivity contribution in [3.8, 4) is 23.3 Å². The normalized spacial score (nSPS) is 11.6. The summed E-state index contributed by atoms with van der Waals surface area (Å²) in [6.45, 7) is 0. The minimum atomic E-state index is -0.887. The van der Waals surface area contributed by atoms with Crippen LogP contribution in [0.5, 0.6) is 17.2 Å². The molecule has 0 radical (unpaired) electrons. The van der Waals surface area contributed by atoms with Gasteiger partial charge in [0.1, 0.15) is 11.8 Å². The molecule has 0 aliphatic heterocycles. The molecule has 2 rings (SSSR count). The zero-order chi connectivity index (χ0) is 18.2. The van der Waals surface area contributed by atoms with Crippen LogP contribution >= 0.6 is 0 Å². The summed E-state index contributed by atoms with van der Waals surface area (Å²) in [6, 6.07) is 7.82. The van der Waals surface area contributed by atoms with Crippen LogP contribution in [0.3, 0.4) is 0 Å². The van der Waals surface area contributed by atoms with Gasteiger partial charge >= 0.3 is 0 Å². The van der Waals surface area contributed by atoms with Crippen molar-refractivity contribution in [2.24, 2.45) is 0 Å². The second kappa shape index (κ2) is 8.45. The molecular weight excluding hydrogens is 324 g/mol. The molecule has 1 atom stereocenters. The van der Waals surface area contributed by atoms with Crippen LogP contribution in [-0.2, 0) is 4.79 Å². The van der Waals surface area contributed by atoms with E-state index in [2.05, 4.69) is 5.32 Å². The molecule has 1 amide bonds. The number of benzene rings is 1. The first-order chi connectivity index (χ1) is 12.1. The molecule has 0 fully saturated rings. The van der Waals surface area contributed by atoms with Crippen LogP contribution in [0.2, 0.25) is 0 Å². The quantitative estimate of drug-likeness (QED) is 0.778. The summed E-state index contributed by atoms with van der Waals surface area (Å²) in [5.74, 6) is 1.32. The average Bonchev–Trinajstić information content (AvgIpc) is 3.16. The topological polar surface area (TPSA) is 93.7 Å². The Morgan fingerprint density at radius 1 is 1.24 bits per heavy atom. The van der Waals surface area contributed by atoms with Gasteiger partial charge in [-0.25, -0.2) is 0 Å². The number of hydrogen-bond acceptors (Lipinski definition) is 6. The molecule has 0 bridgehead atoms. The van der Waals surface area contributed by atoms with Crippen LogP contribution in [0.1, 0.15) is 17.4 Å². The molecule has 7 heteroatoms. The highest BCUT2D eigenvalue weighted by Gasteiger charge is 2.19. The summed E-state index contributed by atoms with van der Waals surface area (Å²) in [4.78, 5) is 12.0. The molecule has 0 aliphatic carbocycles. The van der Waals surface area contributed by atoms with E-state index in [0.717, 1.165) is 0 Å². The maximum Gasteiger partial charge on any atom is 0.245 e. The molecule has 7 nitrogen and oxygen atoms in total. The lowest BCUT2D eigenvalue weighted by atomic mass is 10.1. The zero-order valence-corrected chi connectivity index (χ0v) is 14.1. The molecular formula is C18H18N2O5. The molecule has 1 N–H and O–H groups in total. The summed E-state index contributed by atoms with van der Waals surface area (Å²) >= 11 is 0. The van der Waals surface area contributed by atoms with Crippen molar-refractivity contribution in [1.29, 1.82) is 5.26 Å². The Hall–Kier alpha value is -3.40. The fraction of sp³-hybridized carbons (Fsp3) is 0.222. The minimum Gasteiger partial charge on any atom is -0.493 e. The van der Waals surface area contributed by atoms with E-state index in [0.29, 0.717) is 28.6 Å². The minimum absolute atomic E-state index is 0.400. The largest absolute Gasteiger partial charge is 0.493 e. The fourth-order valence-electron chi connectivity index (χ4n) is 2.19. The maximum atomic E-state index is 12.0. The summed E-state index contributed by atoms with van der Waals surface area (Å²) in [7, 11) is 4.45. The first-order valence-electron chi connectivity index (χ1n) is 7.34. The molecule has 0 unspecified atom stereocenters. The highest BCUT2D eigenvalue weighted by atomic mass is 16.5. The lowest BCUT2D eigenvalue weighted by Gasteiger charge is -2.16. The Bertz CT molecular complexity index is 765. The number of nitrogens with zero attached hydrogens (tertiary/aromatic N) is 1. The van der Waals surface area contributed by atoms with Crippen LogP contribution in [0.25, 0.3) is 6.08 Å². The molecule has 0 aliphatic rings. The molecule has 1 heterocycles. The molecule has 1 aromatic carbocycles.